The Morgan fingerprint density at radius 3 is 3.09 bits per heavy atom. The molecule has 0 bridgehead atoms. The van der Waals surface area contributed by atoms with Gasteiger partial charge in [0.05, 0.1) is 6.54 Å². The lowest BCUT2D eigenvalue weighted by Gasteiger charge is -2.15. The highest BCUT2D eigenvalue weighted by Gasteiger charge is 2.26. The Balaban J connectivity index is 1.51. The van der Waals surface area contributed by atoms with Crippen molar-refractivity contribution in [2.45, 2.75) is 12.5 Å². The monoisotopic (exact) mass is 348 g/mol. The molecule has 3 aromatic rings. The minimum atomic E-state index is -0.163. The molecule has 1 aromatic carbocycles. The molecular formula is C15H13ClN4O2S. The fourth-order valence-corrected chi connectivity index (χ4v) is 3.68. The first-order valence-electron chi connectivity index (χ1n) is 7.21. The maximum Gasteiger partial charge on any atom is 0.275 e. The number of halogens is 1. The summed E-state index contributed by atoms with van der Waals surface area (Å²) < 4.78 is 7.31. The van der Waals surface area contributed by atoms with Gasteiger partial charge < -0.3 is 9.64 Å². The summed E-state index contributed by atoms with van der Waals surface area (Å²) in [5.41, 5.74) is -0.163. The normalized spacial score (nSPS) is 17.8. The van der Waals surface area contributed by atoms with E-state index in [-0.39, 0.29) is 11.7 Å². The summed E-state index contributed by atoms with van der Waals surface area (Å²) >= 11 is 7.39. The number of hydrogen-bond donors (Lipinski definition) is 0. The van der Waals surface area contributed by atoms with Gasteiger partial charge >= 0.3 is 0 Å². The average molecular weight is 349 g/mol. The molecule has 2 aromatic heterocycles. The van der Waals surface area contributed by atoms with Gasteiger partial charge in [0.2, 0.25) is 10.1 Å². The molecule has 0 aliphatic carbocycles. The molecule has 0 radical (unpaired) electrons. The Labute approximate surface area is 140 Å². The van der Waals surface area contributed by atoms with Crippen LogP contribution in [0.3, 0.4) is 0 Å². The average Bonchev–Trinajstić information content (AvgIpc) is 3.14. The van der Waals surface area contributed by atoms with Crippen molar-refractivity contribution in [2.75, 3.05) is 18.0 Å². The highest BCUT2D eigenvalue weighted by Crippen LogP contribution is 2.27. The lowest BCUT2D eigenvalue weighted by molar-refractivity contribution is 0.225. The molecule has 0 saturated carbocycles. The van der Waals surface area contributed by atoms with E-state index >= 15 is 0 Å². The number of nitrogens with zero attached hydrogens (tertiary/aromatic N) is 4. The van der Waals surface area contributed by atoms with Crippen LogP contribution in [0.1, 0.15) is 6.42 Å². The Hall–Kier alpha value is -2.12. The van der Waals surface area contributed by atoms with Gasteiger partial charge in [-0.05, 0) is 18.2 Å². The summed E-state index contributed by atoms with van der Waals surface area (Å²) in [6.45, 7) is 1.56. The van der Waals surface area contributed by atoms with Crippen LogP contribution >= 0.6 is 22.9 Å². The van der Waals surface area contributed by atoms with Crippen molar-refractivity contribution in [2.24, 2.45) is 0 Å². The van der Waals surface area contributed by atoms with Crippen molar-refractivity contribution in [1.29, 1.82) is 0 Å². The molecule has 1 atom stereocenters. The van der Waals surface area contributed by atoms with Gasteiger partial charge in [0, 0.05) is 30.3 Å². The zero-order chi connectivity index (χ0) is 15.8. The largest absolute Gasteiger partial charge is 0.488 e. The number of aromatic nitrogens is 3. The minimum absolute atomic E-state index is 0.0742. The fourth-order valence-electron chi connectivity index (χ4n) is 2.59. The van der Waals surface area contributed by atoms with Crippen molar-refractivity contribution in [1.82, 2.24) is 14.6 Å². The molecule has 6 nitrogen and oxygen atoms in total. The number of rotatable bonds is 3. The van der Waals surface area contributed by atoms with E-state index in [1.807, 2.05) is 24.3 Å². The van der Waals surface area contributed by atoms with Crippen LogP contribution in [0, 0.1) is 0 Å². The van der Waals surface area contributed by atoms with Crippen LogP contribution in [0.15, 0.2) is 41.3 Å². The van der Waals surface area contributed by atoms with E-state index in [4.69, 9.17) is 16.3 Å². The maximum absolute atomic E-state index is 11.8. The molecule has 3 heterocycles. The first-order chi connectivity index (χ1) is 11.2. The molecule has 0 amide bonds. The van der Waals surface area contributed by atoms with Crippen LogP contribution in [-0.2, 0) is 0 Å². The number of fused-ring (bicyclic) bond motifs is 1. The molecule has 0 N–H and O–H groups in total. The molecule has 118 valence electrons. The van der Waals surface area contributed by atoms with Crippen LogP contribution in [0.2, 0.25) is 5.02 Å². The molecule has 23 heavy (non-hydrogen) atoms. The Morgan fingerprint density at radius 1 is 1.35 bits per heavy atom. The topological polar surface area (TPSA) is 59.7 Å². The Morgan fingerprint density at radius 2 is 2.26 bits per heavy atom. The highest BCUT2D eigenvalue weighted by molar-refractivity contribution is 7.20. The number of hydrogen-bond acceptors (Lipinski definition) is 6. The van der Waals surface area contributed by atoms with Gasteiger partial charge in [0.25, 0.3) is 5.56 Å². The zero-order valence-electron chi connectivity index (χ0n) is 12.1. The second-order valence-corrected chi connectivity index (χ2v) is 6.66. The van der Waals surface area contributed by atoms with Crippen molar-refractivity contribution in [3.63, 3.8) is 0 Å². The summed E-state index contributed by atoms with van der Waals surface area (Å²) in [6.07, 6.45) is 2.48. The molecule has 1 aliphatic heterocycles. The van der Waals surface area contributed by atoms with Crippen LogP contribution < -0.4 is 15.2 Å². The molecular weight excluding hydrogens is 336 g/mol. The predicted octanol–water partition coefficient (Wildman–Crippen LogP) is 2.46. The predicted molar refractivity (Wildman–Crippen MR) is 89.8 cm³/mol. The third kappa shape index (κ3) is 2.89. The van der Waals surface area contributed by atoms with Gasteiger partial charge in [-0.2, -0.15) is 4.52 Å². The summed E-state index contributed by atoms with van der Waals surface area (Å²) in [5.74, 6) is 0.770. The van der Waals surface area contributed by atoms with E-state index in [2.05, 4.69) is 15.0 Å². The lowest BCUT2D eigenvalue weighted by atomic mass is 10.3. The third-order valence-corrected chi connectivity index (χ3v) is 4.89. The second kappa shape index (κ2) is 5.82. The minimum Gasteiger partial charge on any atom is -0.488 e. The first-order valence-corrected chi connectivity index (χ1v) is 8.40. The molecule has 8 heteroatoms. The van der Waals surface area contributed by atoms with Crippen molar-refractivity contribution >= 4 is 33.0 Å². The van der Waals surface area contributed by atoms with Gasteiger partial charge in [-0.25, -0.2) is 4.98 Å². The van der Waals surface area contributed by atoms with Crippen LogP contribution in [0.5, 0.6) is 5.75 Å². The lowest BCUT2D eigenvalue weighted by Crippen LogP contribution is -2.24. The van der Waals surface area contributed by atoms with Crippen molar-refractivity contribution < 1.29 is 4.74 Å². The van der Waals surface area contributed by atoms with Crippen molar-refractivity contribution in [3.8, 4) is 5.75 Å². The van der Waals surface area contributed by atoms with Gasteiger partial charge in [-0.15, -0.1) is 5.10 Å². The van der Waals surface area contributed by atoms with Gasteiger partial charge in [-0.1, -0.05) is 29.0 Å². The number of benzene rings is 1. The summed E-state index contributed by atoms with van der Waals surface area (Å²) in [5, 5.41) is 5.81. The van der Waals surface area contributed by atoms with Crippen LogP contribution in [0.4, 0.5) is 5.13 Å². The number of ether oxygens (including phenoxy) is 1. The third-order valence-electron chi connectivity index (χ3n) is 3.67. The molecule has 1 fully saturated rings. The fraction of sp³-hybridized carbons (Fsp3) is 0.267. The smallest absolute Gasteiger partial charge is 0.275 e. The summed E-state index contributed by atoms with van der Waals surface area (Å²) in [7, 11) is 0. The molecule has 1 unspecified atom stereocenters. The first kappa shape index (κ1) is 14.5. The van der Waals surface area contributed by atoms with Crippen LogP contribution in [-0.4, -0.2) is 33.8 Å². The quantitative estimate of drug-likeness (QED) is 0.727. The van der Waals surface area contributed by atoms with E-state index in [1.165, 1.54) is 28.1 Å². The zero-order valence-corrected chi connectivity index (χ0v) is 13.6. The van der Waals surface area contributed by atoms with Gasteiger partial charge in [0.15, 0.2) is 0 Å². The molecule has 0 spiro atoms. The van der Waals surface area contributed by atoms with E-state index in [0.29, 0.717) is 9.98 Å². The molecule has 1 saturated heterocycles. The van der Waals surface area contributed by atoms with E-state index in [1.54, 1.807) is 0 Å². The number of anilines is 1. The second-order valence-electron chi connectivity index (χ2n) is 5.29. The molecule has 4 rings (SSSR count). The summed E-state index contributed by atoms with van der Waals surface area (Å²) in [4.78, 5) is 18.7. The van der Waals surface area contributed by atoms with Crippen LogP contribution in [0.25, 0.3) is 4.96 Å². The Bertz CT molecular complexity index is 910. The van der Waals surface area contributed by atoms with Gasteiger partial charge in [-0.3, -0.25) is 4.79 Å². The molecule has 1 aliphatic rings. The van der Waals surface area contributed by atoms with E-state index in [0.717, 1.165) is 30.4 Å². The Kier molecular flexibility index (Phi) is 3.66. The maximum atomic E-state index is 11.8. The van der Waals surface area contributed by atoms with Crippen molar-refractivity contribution in [3.05, 3.63) is 51.9 Å². The standard InChI is InChI=1S/C15H13ClN4O2S/c16-10-2-1-3-11(8-10)22-12-5-7-19(9-12)15-18-20-13(21)4-6-17-14(20)23-15/h1-4,6,8,12H,5,7,9H2. The van der Waals surface area contributed by atoms with E-state index < -0.39 is 0 Å². The van der Waals surface area contributed by atoms with Gasteiger partial charge in [0.1, 0.15) is 11.9 Å². The summed E-state index contributed by atoms with van der Waals surface area (Å²) in [6, 6.07) is 8.81. The SMILES string of the molecule is O=c1ccnc2sc(N3CCC(Oc4cccc(Cl)c4)C3)nn12. The highest BCUT2D eigenvalue weighted by atomic mass is 35.5. The van der Waals surface area contributed by atoms with E-state index in [9.17, 15) is 4.79 Å².